The predicted octanol–water partition coefficient (Wildman–Crippen LogP) is 2.76. The number of ether oxygens (including phenoxy) is 2. The van der Waals surface area contributed by atoms with Crippen molar-refractivity contribution in [3.05, 3.63) is 28.2 Å². The van der Waals surface area contributed by atoms with E-state index in [4.69, 9.17) is 9.47 Å². The maximum absolute atomic E-state index is 12.4. The number of hydrogen-bond acceptors (Lipinski definition) is 3. The van der Waals surface area contributed by atoms with E-state index in [1.54, 1.807) is 13.2 Å². The highest BCUT2D eigenvalue weighted by Crippen LogP contribution is 2.24. The number of benzene rings is 1. The maximum Gasteiger partial charge on any atom is 0.253 e. The summed E-state index contributed by atoms with van der Waals surface area (Å²) in [7, 11) is 1.58. The fourth-order valence-corrected chi connectivity index (χ4v) is 2.61. The second kappa shape index (κ2) is 5.92. The molecular formula is C14H18BrNO3. The molecule has 4 nitrogen and oxygen atoms in total. The zero-order valence-electron chi connectivity index (χ0n) is 11.2. The van der Waals surface area contributed by atoms with E-state index >= 15 is 0 Å². The first-order valence-corrected chi connectivity index (χ1v) is 7.07. The molecule has 1 aliphatic rings. The van der Waals surface area contributed by atoms with Crippen molar-refractivity contribution in [2.75, 3.05) is 20.3 Å². The lowest BCUT2D eigenvalue weighted by molar-refractivity contribution is 0.0272. The molecule has 1 amide bonds. The third-order valence-corrected chi connectivity index (χ3v) is 3.96. The highest BCUT2D eigenvalue weighted by atomic mass is 79.9. The summed E-state index contributed by atoms with van der Waals surface area (Å²) in [6.07, 6.45) is 1.90. The fourth-order valence-electron chi connectivity index (χ4n) is 2.18. The van der Waals surface area contributed by atoms with Crippen molar-refractivity contribution in [1.82, 2.24) is 5.32 Å². The molecule has 104 valence electrons. The molecule has 0 aromatic heterocycles. The highest BCUT2D eigenvalue weighted by Gasteiger charge is 2.30. The molecule has 1 saturated heterocycles. The van der Waals surface area contributed by atoms with Gasteiger partial charge in [-0.25, -0.2) is 0 Å². The van der Waals surface area contributed by atoms with E-state index in [1.807, 2.05) is 19.1 Å². The summed E-state index contributed by atoms with van der Waals surface area (Å²) in [5.74, 6) is 0.553. The molecule has 0 aliphatic carbocycles. The van der Waals surface area contributed by atoms with Gasteiger partial charge in [-0.3, -0.25) is 4.79 Å². The second-order valence-corrected chi connectivity index (χ2v) is 5.87. The van der Waals surface area contributed by atoms with Crippen LogP contribution in [0.25, 0.3) is 0 Å². The van der Waals surface area contributed by atoms with Gasteiger partial charge in [0, 0.05) is 11.1 Å². The van der Waals surface area contributed by atoms with Crippen LogP contribution in [0.5, 0.6) is 5.75 Å². The van der Waals surface area contributed by atoms with E-state index in [1.165, 1.54) is 0 Å². The molecule has 5 heteroatoms. The SMILES string of the molecule is COc1ccc(Br)c(C(=O)N[C@]2(C)CCCOC2)c1. The predicted molar refractivity (Wildman–Crippen MR) is 76.6 cm³/mol. The van der Waals surface area contributed by atoms with Crippen molar-refractivity contribution < 1.29 is 14.3 Å². The Kier molecular flexibility index (Phi) is 4.47. The average molecular weight is 328 g/mol. The van der Waals surface area contributed by atoms with Gasteiger partial charge in [0.05, 0.1) is 24.8 Å². The first-order valence-electron chi connectivity index (χ1n) is 6.28. The molecular weight excluding hydrogens is 310 g/mol. The largest absolute Gasteiger partial charge is 0.497 e. The molecule has 1 aromatic carbocycles. The van der Waals surface area contributed by atoms with Crippen molar-refractivity contribution in [1.29, 1.82) is 0 Å². The lowest BCUT2D eigenvalue weighted by Gasteiger charge is -2.34. The van der Waals surface area contributed by atoms with Crippen molar-refractivity contribution in [2.24, 2.45) is 0 Å². The van der Waals surface area contributed by atoms with E-state index in [-0.39, 0.29) is 11.4 Å². The fraction of sp³-hybridized carbons (Fsp3) is 0.500. The Morgan fingerprint density at radius 1 is 1.53 bits per heavy atom. The summed E-state index contributed by atoms with van der Waals surface area (Å²) >= 11 is 3.40. The van der Waals surface area contributed by atoms with Crippen LogP contribution in [0.3, 0.4) is 0 Å². The van der Waals surface area contributed by atoms with Gasteiger partial charge in [-0.05, 0) is 53.9 Å². The van der Waals surface area contributed by atoms with Gasteiger partial charge in [-0.15, -0.1) is 0 Å². The third kappa shape index (κ3) is 3.48. The lowest BCUT2D eigenvalue weighted by atomic mass is 9.94. The quantitative estimate of drug-likeness (QED) is 0.928. The number of halogens is 1. The van der Waals surface area contributed by atoms with Crippen LogP contribution in [0.1, 0.15) is 30.1 Å². The van der Waals surface area contributed by atoms with Gasteiger partial charge in [0.1, 0.15) is 5.75 Å². The Balaban J connectivity index is 2.15. The van der Waals surface area contributed by atoms with Crippen molar-refractivity contribution >= 4 is 21.8 Å². The van der Waals surface area contributed by atoms with Crippen molar-refractivity contribution in [3.8, 4) is 5.75 Å². The smallest absolute Gasteiger partial charge is 0.253 e. The normalized spacial score (nSPS) is 22.9. The van der Waals surface area contributed by atoms with Crippen LogP contribution < -0.4 is 10.1 Å². The van der Waals surface area contributed by atoms with Crippen LogP contribution in [-0.2, 0) is 4.74 Å². The molecule has 19 heavy (non-hydrogen) atoms. The van der Waals surface area contributed by atoms with Gasteiger partial charge >= 0.3 is 0 Å². The van der Waals surface area contributed by atoms with Crippen molar-refractivity contribution in [2.45, 2.75) is 25.3 Å². The van der Waals surface area contributed by atoms with Crippen LogP contribution in [0.15, 0.2) is 22.7 Å². The van der Waals surface area contributed by atoms with E-state index in [2.05, 4.69) is 21.2 Å². The Morgan fingerprint density at radius 2 is 2.32 bits per heavy atom. The summed E-state index contributed by atoms with van der Waals surface area (Å²) in [6.45, 7) is 3.34. The Labute approximate surface area is 121 Å². The topological polar surface area (TPSA) is 47.6 Å². The summed E-state index contributed by atoms with van der Waals surface area (Å²) in [6, 6.07) is 5.35. The standard InChI is InChI=1S/C14H18BrNO3/c1-14(6-3-7-19-9-14)16-13(17)11-8-10(18-2)4-5-12(11)15/h4-5,8H,3,6-7,9H2,1-2H3,(H,16,17)/t14-/m1/s1. The zero-order chi connectivity index (χ0) is 13.9. The maximum atomic E-state index is 12.4. The first kappa shape index (κ1) is 14.3. The molecule has 0 bridgehead atoms. The highest BCUT2D eigenvalue weighted by molar-refractivity contribution is 9.10. The van der Waals surface area contributed by atoms with Crippen LogP contribution in [0.2, 0.25) is 0 Å². The molecule has 0 unspecified atom stereocenters. The molecule has 1 aromatic rings. The molecule has 0 radical (unpaired) electrons. The lowest BCUT2D eigenvalue weighted by Crippen LogP contribution is -2.51. The molecule has 2 rings (SSSR count). The molecule has 1 aliphatic heterocycles. The zero-order valence-corrected chi connectivity index (χ0v) is 12.7. The Morgan fingerprint density at radius 3 is 2.95 bits per heavy atom. The average Bonchev–Trinajstić information content (AvgIpc) is 2.39. The van der Waals surface area contributed by atoms with Crippen LogP contribution in [0.4, 0.5) is 0 Å². The number of rotatable bonds is 3. The van der Waals surface area contributed by atoms with Gasteiger partial charge in [0.15, 0.2) is 0 Å². The van der Waals surface area contributed by atoms with E-state index in [0.717, 1.165) is 23.9 Å². The number of hydrogen-bond donors (Lipinski definition) is 1. The van der Waals surface area contributed by atoms with Gasteiger partial charge < -0.3 is 14.8 Å². The number of carbonyl (C=O) groups excluding carboxylic acids is 1. The minimum atomic E-state index is -0.294. The van der Waals surface area contributed by atoms with Gasteiger partial charge in [0.25, 0.3) is 5.91 Å². The number of carbonyl (C=O) groups is 1. The van der Waals surface area contributed by atoms with Crippen LogP contribution in [-0.4, -0.2) is 31.8 Å². The monoisotopic (exact) mass is 327 g/mol. The van der Waals surface area contributed by atoms with Crippen LogP contribution in [0, 0.1) is 0 Å². The second-order valence-electron chi connectivity index (χ2n) is 5.02. The number of amides is 1. The van der Waals surface area contributed by atoms with E-state index in [0.29, 0.717) is 17.9 Å². The third-order valence-electron chi connectivity index (χ3n) is 3.27. The van der Waals surface area contributed by atoms with Gasteiger partial charge in [-0.2, -0.15) is 0 Å². The minimum Gasteiger partial charge on any atom is -0.497 e. The summed E-state index contributed by atoms with van der Waals surface area (Å²) in [5, 5.41) is 3.05. The number of nitrogens with one attached hydrogen (secondary N) is 1. The molecule has 1 heterocycles. The number of methoxy groups -OCH3 is 1. The first-order chi connectivity index (χ1) is 9.04. The van der Waals surface area contributed by atoms with Gasteiger partial charge in [-0.1, -0.05) is 0 Å². The Hall–Kier alpha value is -1.07. The minimum absolute atomic E-state index is 0.112. The molecule has 1 fully saturated rings. The summed E-state index contributed by atoms with van der Waals surface area (Å²) in [5.41, 5.74) is 0.281. The van der Waals surface area contributed by atoms with Crippen LogP contribution >= 0.6 is 15.9 Å². The molecule has 1 N–H and O–H groups in total. The van der Waals surface area contributed by atoms with Crippen molar-refractivity contribution in [3.63, 3.8) is 0 Å². The molecule has 0 spiro atoms. The molecule has 1 atom stereocenters. The van der Waals surface area contributed by atoms with E-state index < -0.39 is 0 Å². The van der Waals surface area contributed by atoms with E-state index in [9.17, 15) is 4.79 Å². The molecule has 0 saturated carbocycles. The summed E-state index contributed by atoms with van der Waals surface area (Å²) < 4.78 is 11.4. The summed E-state index contributed by atoms with van der Waals surface area (Å²) in [4.78, 5) is 12.4. The van der Waals surface area contributed by atoms with Gasteiger partial charge in [0.2, 0.25) is 0 Å². The Bertz CT molecular complexity index is 470.